The van der Waals surface area contributed by atoms with Crippen molar-refractivity contribution in [1.82, 2.24) is 5.32 Å². The number of nitrogens with zero attached hydrogens (tertiary/aromatic N) is 1. The highest BCUT2D eigenvalue weighted by atomic mass is 31.2. The molecule has 12 heteroatoms. The summed E-state index contributed by atoms with van der Waals surface area (Å²) in [5.74, 6) is -0.869. The van der Waals surface area contributed by atoms with Crippen LogP contribution in [0.1, 0.15) is 142 Å². The Hall–Kier alpha value is -1.69. The van der Waals surface area contributed by atoms with Gasteiger partial charge in [-0.25, -0.2) is 0 Å². The van der Waals surface area contributed by atoms with Crippen LogP contribution in [0.15, 0.2) is 36.5 Å². The number of phosphoric ester groups is 1. The second-order valence-electron chi connectivity index (χ2n) is 16.1. The van der Waals surface area contributed by atoms with E-state index in [9.17, 15) is 34.4 Å². The summed E-state index contributed by atoms with van der Waals surface area (Å²) in [6, 6.07) is -0.988. The number of aliphatic hydroxyl groups excluding tert-OH is 3. The minimum absolute atomic E-state index is 0.0106. The molecular formula is C42H77N2O9P. The Morgan fingerprint density at radius 3 is 2.24 bits per heavy atom. The molecule has 7 atom stereocenters. The number of ketones is 1. The Morgan fingerprint density at radius 1 is 0.889 bits per heavy atom. The maximum absolute atomic E-state index is 12.9. The van der Waals surface area contributed by atoms with Crippen LogP contribution in [0.2, 0.25) is 0 Å². The molecule has 1 aliphatic carbocycles. The molecule has 0 heterocycles. The summed E-state index contributed by atoms with van der Waals surface area (Å²) in [6.07, 6.45) is 26.6. The zero-order valence-electron chi connectivity index (χ0n) is 34.4. The number of amides is 1. The van der Waals surface area contributed by atoms with Gasteiger partial charge >= 0.3 is 0 Å². The van der Waals surface area contributed by atoms with Crippen molar-refractivity contribution in [3.8, 4) is 0 Å². The van der Waals surface area contributed by atoms with Crippen LogP contribution in [0.25, 0.3) is 0 Å². The van der Waals surface area contributed by atoms with E-state index in [0.717, 1.165) is 51.4 Å². The summed E-state index contributed by atoms with van der Waals surface area (Å²) in [4.78, 5) is 37.9. The number of aliphatic hydroxyl groups is 3. The van der Waals surface area contributed by atoms with Crippen LogP contribution in [0.5, 0.6) is 0 Å². The molecule has 54 heavy (non-hydrogen) atoms. The van der Waals surface area contributed by atoms with Crippen LogP contribution < -0.4 is 10.2 Å². The molecule has 0 bridgehead atoms. The molecule has 1 unspecified atom stereocenters. The predicted octanol–water partition coefficient (Wildman–Crippen LogP) is 7.09. The van der Waals surface area contributed by atoms with E-state index in [0.29, 0.717) is 36.7 Å². The van der Waals surface area contributed by atoms with Gasteiger partial charge in [0.25, 0.3) is 7.82 Å². The van der Waals surface area contributed by atoms with Gasteiger partial charge in [0.15, 0.2) is 0 Å². The minimum Gasteiger partial charge on any atom is -0.756 e. The Kier molecular flexibility index (Phi) is 27.5. The highest BCUT2D eigenvalue weighted by Crippen LogP contribution is 2.38. The number of likely N-dealkylation sites (N-methyl/N-ethyl adjacent to an activating group) is 1. The number of unbranched alkanes of at least 4 members (excludes halogenated alkanes) is 12. The summed E-state index contributed by atoms with van der Waals surface area (Å²) in [5, 5.41) is 34.5. The van der Waals surface area contributed by atoms with Gasteiger partial charge in [0.05, 0.1) is 52.1 Å². The SMILES string of the molecule is CCCCCCCC/C=C\CC/C=C/[C@@H](O)[C@H](COP(=O)([O-])OCC[N+](C)(C)C)NC(=O)CCCCCC[C@H]1[C@@H](O)CC(=O)[C@@H]1/C=C/[C@@H](O)CCCCC. The first kappa shape index (κ1) is 50.3. The fourth-order valence-corrected chi connectivity index (χ4v) is 7.26. The number of carbonyl (C=O) groups is 2. The van der Waals surface area contributed by atoms with E-state index in [1.807, 2.05) is 27.2 Å². The third-order valence-electron chi connectivity index (χ3n) is 9.98. The largest absolute Gasteiger partial charge is 0.756 e. The van der Waals surface area contributed by atoms with Gasteiger partial charge in [-0.05, 0) is 50.9 Å². The first-order chi connectivity index (χ1) is 25.7. The molecule has 0 saturated heterocycles. The van der Waals surface area contributed by atoms with Crippen LogP contribution in [0, 0.1) is 11.8 Å². The van der Waals surface area contributed by atoms with Crippen molar-refractivity contribution in [2.24, 2.45) is 11.8 Å². The van der Waals surface area contributed by atoms with Gasteiger partial charge in [0.2, 0.25) is 5.91 Å². The van der Waals surface area contributed by atoms with Gasteiger partial charge in [0, 0.05) is 18.8 Å². The molecule has 0 aromatic heterocycles. The molecule has 0 aromatic rings. The summed E-state index contributed by atoms with van der Waals surface area (Å²) in [5.41, 5.74) is 0. The molecule has 314 valence electrons. The Bertz CT molecular complexity index is 1140. The van der Waals surface area contributed by atoms with Gasteiger partial charge < -0.3 is 39.1 Å². The van der Waals surface area contributed by atoms with Gasteiger partial charge in [-0.15, -0.1) is 0 Å². The monoisotopic (exact) mass is 785 g/mol. The number of allylic oxidation sites excluding steroid dienone is 4. The Morgan fingerprint density at radius 2 is 1.52 bits per heavy atom. The van der Waals surface area contributed by atoms with Crippen molar-refractivity contribution in [3.63, 3.8) is 0 Å². The molecular weight excluding hydrogens is 707 g/mol. The van der Waals surface area contributed by atoms with Crippen molar-refractivity contribution in [2.45, 2.75) is 167 Å². The standard InChI is InChI=1S/C42H77N2O9P/c1-6-8-10-11-12-13-14-15-16-17-18-23-27-39(46)38(34-53-54(50,51)52-32-31-44(3,4)5)43-42(49)28-24-20-19-22-26-36-37(41(48)33-40(36)47)30-29-35(45)25-21-9-7-2/h15-16,23,27,29-30,35-40,45-47H,6-14,17-22,24-26,28,31-34H2,1-5H3,(H-,43,49,50,51)/b16-15-,27-23+,30-29+/t35-,36+,37+,38-,39+,40-/m0/s1. The van der Waals surface area contributed by atoms with E-state index in [4.69, 9.17) is 9.05 Å². The normalized spacial score (nSPS) is 21.0. The first-order valence-corrected chi connectivity index (χ1v) is 22.4. The zero-order chi connectivity index (χ0) is 40.2. The molecule has 1 saturated carbocycles. The average Bonchev–Trinajstić information content (AvgIpc) is 3.37. The molecule has 1 fully saturated rings. The maximum Gasteiger partial charge on any atom is 0.268 e. The molecule has 0 spiro atoms. The van der Waals surface area contributed by atoms with Crippen molar-refractivity contribution < 1.29 is 47.9 Å². The third kappa shape index (κ3) is 25.5. The molecule has 1 aliphatic rings. The molecule has 1 rings (SSSR count). The van der Waals surface area contributed by atoms with Crippen molar-refractivity contribution in [2.75, 3.05) is 40.9 Å². The number of rotatable bonds is 33. The van der Waals surface area contributed by atoms with E-state index in [1.165, 1.54) is 38.5 Å². The van der Waals surface area contributed by atoms with Gasteiger partial charge in [-0.1, -0.05) is 121 Å². The van der Waals surface area contributed by atoms with Crippen molar-refractivity contribution >= 4 is 19.5 Å². The number of nitrogens with one attached hydrogen (secondary N) is 1. The van der Waals surface area contributed by atoms with E-state index in [2.05, 4.69) is 31.3 Å². The zero-order valence-corrected chi connectivity index (χ0v) is 35.3. The van der Waals surface area contributed by atoms with E-state index >= 15 is 0 Å². The van der Waals surface area contributed by atoms with Gasteiger partial charge in [0.1, 0.15) is 18.9 Å². The number of hydrogen-bond donors (Lipinski definition) is 4. The number of Topliss-reactive ketones (excluding diaryl/α,β-unsaturated/α-hetero) is 1. The van der Waals surface area contributed by atoms with Crippen LogP contribution in [0.3, 0.4) is 0 Å². The second-order valence-corrected chi connectivity index (χ2v) is 17.5. The summed E-state index contributed by atoms with van der Waals surface area (Å²) in [6.45, 7) is 4.27. The van der Waals surface area contributed by atoms with Crippen LogP contribution in [-0.2, 0) is 23.2 Å². The topological polar surface area (TPSA) is 165 Å². The van der Waals surface area contributed by atoms with Crippen LogP contribution in [-0.4, -0.2) is 96.7 Å². The summed E-state index contributed by atoms with van der Waals surface area (Å²) >= 11 is 0. The maximum atomic E-state index is 12.9. The average molecular weight is 785 g/mol. The number of hydrogen-bond acceptors (Lipinski definition) is 9. The number of quaternary nitrogens is 1. The lowest BCUT2D eigenvalue weighted by molar-refractivity contribution is -0.870. The Labute approximate surface area is 327 Å². The molecule has 0 radical (unpaired) electrons. The quantitative estimate of drug-likeness (QED) is 0.0235. The number of carbonyl (C=O) groups excluding carboxylic acids is 2. The fraction of sp³-hybridized carbons (Fsp3) is 0.810. The summed E-state index contributed by atoms with van der Waals surface area (Å²) in [7, 11) is 1.09. The number of phosphoric acid groups is 1. The smallest absolute Gasteiger partial charge is 0.268 e. The fourth-order valence-electron chi connectivity index (χ4n) is 6.54. The molecule has 0 aliphatic heterocycles. The molecule has 1 amide bonds. The highest BCUT2D eigenvalue weighted by Gasteiger charge is 2.39. The predicted molar refractivity (Wildman–Crippen MR) is 215 cm³/mol. The van der Waals surface area contributed by atoms with Crippen LogP contribution in [0.4, 0.5) is 0 Å². The van der Waals surface area contributed by atoms with Gasteiger partial charge in [-0.2, -0.15) is 0 Å². The Balaban J connectivity index is 2.59. The first-order valence-electron chi connectivity index (χ1n) is 21.0. The molecule has 0 aromatic carbocycles. The van der Waals surface area contributed by atoms with E-state index in [-0.39, 0.29) is 43.0 Å². The minimum atomic E-state index is -4.66. The van der Waals surface area contributed by atoms with E-state index < -0.39 is 38.8 Å². The summed E-state index contributed by atoms with van der Waals surface area (Å²) < 4.78 is 23.1. The van der Waals surface area contributed by atoms with E-state index in [1.54, 1.807) is 18.2 Å². The lowest BCUT2D eigenvalue weighted by Crippen LogP contribution is -2.45. The molecule has 11 nitrogen and oxygen atoms in total. The second kappa shape index (κ2) is 29.5. The van der Waals surface area contributed by atoms with Crippen molar-refractivity contribution in [3.05, 3.63) is 36.5 Å². The van der Waals surface area contributed by atoms with Crippen LogP contribution >= 0.6 is 7.82 Å². The molecule has 4 N–H and O–H groups in total. The lowest BCUT2D eigenvalue weighted by atomic mass is 9.88. The van der Waals surface area contributed by atoms with Gasteiger partial charge in [-0.3, -0.25) is 14.2 Å². The van der Waals surface area contributed by atoms with Crippen molar-refractivity contribution in [1.29, 1.82) is 0 Å². The third-order valence-corrected chi connectivity index (χ3v) is 10.9. The highest BCUT2D eigenvalue weighted by molar-refractivity contribution is 7.45. The lowest BCUT2D eigenvalue weighted by Gasteiger charge is -2.29.